The normalized spacial score (nSPS) is 12.4. The molecule has 148 valence electrons. The summed E-state index contributed by atoms with van der Waals surface area (Å²) in [7, 11) is 3.23. The molecule has 2 aromatic carbocycles. The van der Waals surface area contributed by atoms with Crippen molar-refractivity contribution in [2.75, 3.05) is 31.0 Å². The van der Waals surface area contributed by atoms with Gasteiger partial charge in [0, 0.05) is 18.8 Å². The van der Waals surface area contributed by atoms with Gasteiger partial charge < -0.3 is 19.7 Å². The Labute approximate surface area is 170 Å². The van der Waals surface area contributed by atoms with Crippen LogP contribution in [0, 0.1) is 0 Å². The van der Waals surface area contributed by atoms with Crippen molar-refractivity contribution in [2.45, 2.75) is 13.0 Å². The highest BCUT2D eigenvalue weighted by Crippen LogP contribution is 2.29. The van der Waals surface area contributed by atoms with Gasteiger partial charge >= 0.3 is 0 Å². The van der Waals surface area contributed by atoms with Crippen LogP contribution < -0.4 is 19.7 Å². The minimum Gasteiger partial charge on any atom is -0.493 e. The summed E-state index contributed by atoms with van der Waals surface area (Å²) >= 11 is 0. The number of para-hydroxylation sites is 1. The molecule has 1 aliphatic rings. The Balaban J connectivity index is 1.42. The molecule has 2 heterocycles. The third kappa shape index (κ3) is 3.87. The number of rotatable bonds is 6. The number of methoxy groups -OCH3 is 2. The zero-order valence-corrected chi connectivity index (χ0v) is 16.5. The first kappa shape index (κ1) is 18.8. The van der Waals surface area contributed by atoms with Crippen molar-refractivity contribution in [3.63, 3.8) is 0 Å². The van der Waals surface area contributed by atoms with Crippen molar-refractivity contribution in [3.05, 3.63) is 77.6 Å². The van der Waals surface area contributed by atoms with Crippen LogP contribution in [0.4, 0.5) is 11.4 Å². The van der Waals surface area contributed by atoms with Crippen LogP contribution in [0.25, 0.3) is 0 Å². The lowest BCUT2D eigenvalue weighted by Gasteiger charge is -2.17. The molecule has 0 unspecified atom stereocenters. The number of hydrogen-bond donors (Lipinski definition) is 1. The summed E-state index contributed by atoms with van der Waals surface area (Å²) in [5.74, 6) is 1.32. The summed E-state index contributed by atoms with van der Waals surface area (Å²) in [5.41, 5.74) is 4.53. The number of aromatic nitrogens is 1. The van der Waals surface area contributed by atoms with E-state index >= 15 is 0 Å². The molecule has 0 radical (unpaired) electrons. The van der Waals surface area contributed by atoms with Crippen LogP contribution >= 0.6 is 0 Å². The first-order chi connectivity index (χ1) is 14.2. The van der Waals surface area contributed by atoms with Crippen molar-refractivity contribution < 1.29 is 14.3 Å². The highest BCUT2D eigenvalue weighted by Gasteiger charge is 2.25. The van der Waals surface area contributed by atoms with Crippen molar-refractivity contribution >= 4 is 17.3 Å². The molecule has 0 atom stereocenters. The number of fused-ring (bicyclic) bond motifs is 1. The Bertz CT molecular complexity index is 1020. The number of pyridine rings is 1. The first-order valence-electron chi connectivity index (χ1n) is 9.50. The van der Waals surface area contributed by atoms with Gasteiger partial charge in [-0.25, -0.2) is 4.98 Å². The van der Waals surface area contributed by atoms with Crippen LogP contribution in [-0.4, -0.2) is 31.7 Å². The van der Waals surface area contributed by atoms with Crippen LogP contribution in [0.3, 0.4) is 0 Å². The zero-order valence-electron chi connectivity index (χ0n) is 16.5. The molecule has 6 heteroatoms. The lowest BCUT2D eigenvalue weighted by atomic mass is 10.2. The third-order valence-corrected chi connectivity index (χ3v) is 5.06. The summed E-state index contributed by atoms with van der Waals surface area (Å²) < 4.78 is 10.6. The summed E-state index contributed by atoms with van der Waals surface area (Å²) in [5, 5.41) is 3.32. The van der Waals surface area contributed by atoms with E-state index in [2.05, 4.69) is 16.4 Å². The van der Waals surface area contributed by atoms with Gasteiger partial charge in [0.05, 0.1) is 26.1 Å². The predicted molar refractivity (Wildman–Crippen MR) is 113 cm³/mol. The Kier molecular flexibility index (Phi) is 5.33. The quantitative estimate of drug-likeness (QED) is 0.692. The van der Waals surface area contributed by atoms with E-state index < -0.39 is 0 Å². The van der Waals surface area contributed by atoms with E-state index in [1.165, 1.54) is 5.56 Å². The molecule has 0 aliphatic carbocycles. The molecule has 0 saturated carbocycles. The number of carbonyl (C=O) groups is 1. The molecule has 3 aromatic rings. The second kappa shape index (κ2) is 8.22. The van der Waals surface area contributed by atoms with Crippen LogP contribution in [0.15, 0.2) is 60.8 Å². The van der Waals surface area contributed by atoms with Gasteiger partial charge in [-0.1, -0.05) is 24.3 Å². The lowest BCUT2D eigenvalue weighted by molar-refractivity contribution is 0.0984. The number of nitrogens with zero attached hydrogens (tertiary/aromatic N) is 2. The van der Waals surface area contributed by atoms with E-state index in [4.69, 9.17) is 9.47 Å². The maximum absolute atomic E-state index is 12.8. The number of ether oxygens (including phenoxy) is 2. The average Bonchev–Trinajstić information content (AvgIpc) is 3.21. The van der Waals surface area contributed by atoms with E-state index in [1.54, 1.807) is 31.4 Å². The highest BCUT2D eigenvalue weighted by molar-refractivity contribution is 6.06. The van der Waals surface area contributed by atoms with E-state index in [0.29, 0.717) is 30.3 Å². The molecular weight excluding hydrogens is 366 g/mol. The fraction of sp³-hybridized carbons (Fsp3) is 0.217. The predicted octanol–water partition coefficient (Wildman–Crippen LogP) is 3.91. The summed E-state index contributed by atoms with van der Waals surface area (Å²) in [6, 6.07) is 17.4. The number of amides is 1. The SMILES string of the molecule is COc1ccc(CNc2ccc(C(=O)N3CCc4ccccc43)nc2)cc1OC. The highest BCUT2D eigenvalue weighted by atomic mass is 16.5. The van der Waals surface area contributed by atoms with Gasteiger partial charge in [0.15, 0.2) is 11.5 Å². The smallest absolute Gasteiger partial charge is 0.276 e. The van der Waals surface area contributed by atoms with Gasteiger partial charge in [-0.05, 0) is 47.9 Å². The van der Waals surface area contributed by atoms with Crippen LogP contribution in [0.1, 0.15) is 21.6 Å². The number of carbonyl (C=O) groups excluding carboxylic acids is 1. The third-order valence-electron chi connectivity index (χ3n) is 5.06. The van der Waals surface area contributed by atoms with E-state index in [9.17, 15) is 4.79 Å². The zero-order chi connectivity index (χ0) is 20.2. The van der Waals surface area contributed by atoms with Crippen LogP contribution in [-0.2, 0) is 13.0 Å². The molecule has 6 nitrogen and oxygen atoms in total. The minimum absolute atomic E-state index is 0.0682. The summed E-state index contributed by atoms with van der Waals surface area (Å²) in [6.07, 6.45) is 2.57. The van der Waals surface area contributed by atoms with Gasteiger partial charge in [-0.3, -0.25) is 4.79 Å². The number of nitrogens with one attached hydrogen (secondary N) is 1. The summed E-state index contributed by atoms with van der Waals surface area (Å²) in [4.78, 5) is 19.0. The monoisotopic (exact) mass is 389 g/mol. The molecule has 4 rings (SSSR count). The van der Waals surface area contributed by atoms with Crippen LogP contribution in [0.2, 0.25) is 0 Å². The van der Waals surface area contributed by atoms with Gasteiger partial charge in [0.2, 0.25) is 0 Å². The maximum atomic E-state index is 12.8. The second-order valence-electron chi connectivity index (χ2n) is 6.81. The van der Waals surface area contributed by atoms with E-state index in [-0.39, 0.29) is 5.91 Å². The molecule has 0 saturated heterocycles. The van der Waals surface area contributed by atoms with Crippen molar-refractivity contribution in [2.24, 2.45) is 0 Å². The van der Waals surface area contributed by atoms with Crippen molar-refractivity contribution in [1.82, 2.24) is 4.98 Å². The molecular formula is C23H23N3O3. The fourth-order valence-corrected chi connectivity index (χ4v) is 3.51. The number of hydrogen-bond acceptors (Lipinski definition) is 5. The van der Waals surface area contributed by atoms with Crippen molar-refractivity contribution in [1.29, 1.82) is 0 Å². The Morgan fingerprint density at radius 3 is 2.66 bits per heavy atom. The average molecular weight is 389 g/mol. The Hall–Kier alpha value is -3.54. The standard InChI is InChI=1S/C23H23N3O3/c1-28-21-10-7-16(13-22(21)29-2)14-24-18-8-9-19(25-15-18)23(27)26-12-11-17-5-3-4-6-20(17)26/h3-10,13,15,24H,11-12,14H2,1-2H3. The molecule has 0 bridgehead atoms. The van der Waals surface area contributed by atoms with E-state index in [1.807, 2.05) is 42.5 Å². The molecule has 1 aliphatic heterocycles. The topological polar surface area (TPSA) is 63.7 Å². The largest absolute Gasteiger partial charge is 0.493 e. The van der Waals surface area contributed by atoms with E-state index in [0.717, 1.165) is 23.4 Å². The Morgan fingerprint density at radius 2 is 1.90 bits per heavy atom. The fourth-order valence-electron chi connectivity index (χ4n) is 3.51. The van der Waals surface area contributed by atoms with Gasteiger partial charge in [0.25, 0.3) is 5.91 Å². The second-order valence-corrected chi connectivity index (χ2v) is 6.81. The molecule has 1 aromatic heterocycles. The first-order valence-corrected chi connectivity index (χ1v) is 9.50. The minimum atomic E-state index is -0.0682. The molecule has 1 N–H and O–H groups in total. The van der Waals surface area contributed by atoms with Gasteiger partial charge in [-0.2, -0.15) is 0 Å². The summed E-state index contributed by atoms with van der Waals surface area (Å²) in [6.45, 7) is 1.30. The molecule has 1 amide bonds. The lowest BCUT2D eigenvalue weighted by Crippen LogP contribution is -2.29. The van der Waals surface area contributed by atoms with Crippen LogP contribution in [0.5, 0.6) is 11.5 Å². The Morgan fingerprint density at radius 1 is 1.07 bits per heavy atom. The molecule has 29 heavy (non-hydrogen) atoms. The number of benzene rings is 2. The number of anilines is 2. The van der Waals surface area contributed by atoms with Gasteiger partial charge in [-0.15, -0.1) is 0 Å². The van der Waals surface area contributed by atoms with Gasteiger partial charge in [0.1, 0.15) is 5.69 Å². The molecule has 0 fully saturated rings. The molecule has 0 spiro atoms. The maximum Gasteiger partial charge on any atom is 0.276 e. The van der Waals surface area contributed by atoms with Crippen molar-refractivity contribution in [3.8, 4) is 11.5 Å².